The summed E-state index contributed by atoms with van der Waals surface area (Å²) in [6.45, 7) is 5.21. The molecule has 0 radical (unpaired) electrons. The predicted octanol–water partition coefficient (Wildman–Crippen LogP) is 6.84. The van der Waals surface area contributed by atoms with Crippen molar-refractivity contribution < 1.29 is 18.7 Å². The molecule has 196 valence electrons. The first-order valence-corrected chi connectivity index (χ1v) is 12.9. The van der Waals surface area contributed by atoms with Crippen molar-refractivity contribution in [2.45, 2.75) is 52.0 Å². The first kappa shape index (κ1) is 26.3. The molecule has 0 aliphatic heterocycles. The van der Waals surface area contributed by atoms with E-state index in [2.05, 4.69) is 29.4 Å². The van der Waals surface area contributed by atoms with Crippen molar-refractivity contribution in [2.24, 2.45) is 5.92 Å². The van der Waals surface area contributed by atoms with Gasteiger partial charge in [-0.1, -0.05) is 45.2 Å². The molecule has 2 aromatic carbocycles. The number of methoxy groups -OCH3 is 1. The van der Waals surface area contributed by atoms with E-state index < -0.39 is 17.8 Å². The molecule has 0 unspecified atom stereocenters. The summed E-state index contributed by atoms with van der Waals surface area (Å²) in [4.78, 5) is 27.7. The van der Waals surface area contributed by atoms with Gasteiger partial charge in [-0.2, -0.15) is 0 Å². The van der Waals surface area contributed by atoms with E-state index in [1.165, 1.54) is 38.5 Å². The van der Waals surface area contributed by atoms with Crippen LogP contribution in [0.15, 0.2) is 60.8 Å². The van der Waals surface area contributed by atoms with Gasteiger partial charge in [0.25, 0.3) is 0 Å². The van der Waals surface area contributed by atoms with Crippen LogP contribution >= 0.6 is 0 Å². The van der Waals surface area contributed by atoms with Crippen LogP contribution in [0.3, 0.4) is 0 Å². The number of rotatable bonds is 8. The second-order valence-electron chi connectivity index (χ2n) is 9.85. The monoisotopic (exact) mass is 506 g/mol. The molecule has 4 rings (SSSR count). The van der Waals surface area contributed by atoms with Crippen LogP contribution < -0.4 is 15.5 Å². The molecule has 0 bridgehead atoms. The molecule has 0 spiro atoms. The number of benzene rings is 2. The van der Waals surface area contributed by atoms with Crippen LogP contribution in [0.25, 0.3) is 5.69 Å². The number of amides is 2. The van der Waals surface area contributed by atoms with Gasteiger partial charge < -0.3 is 24.8 Å². The second-order valence-corrected chi connectivity index (χ2v) is 9.85. The molecule has 1 aliphatic rings. The lowest BCUT2D eigenvalue weighted by molar-refractivity contribution is 0.0591. The van der Waals surface area contributed by atoms with Gasteiger partial charge in [0.2, 0.25) is 0 Å². The number of carbonyl (C=O) groups is 2. The summed E-state index contributed by atoms with van der Waals surface area (Å²) in [6.07, 6.45) is 7.57. The highest BCUT2D eigenvalue weighted by molar-refractivity contribution is 6.02. The Bertz CT molecular complexity index is 1230. The standard InChI is InChI=1S/C29H35FN4O3/c1-20(2)19-34(21-10-5-4-6-11-21)26-16-15-22(33-17-9-14-27(33)28(35)37-3)18-25(26)32-29(36)31-24-13-8-7-12-23(24)30/h7-9,12-18,20-21H,4-6,10-11,19H2,1-3H3,(H2,31,32,36). The normalized spacial score (nSPS) is 13.9. The van der Waals surface area contributed by atoms with Gasteiger partial charge in [0.05, 0.1) is 24.2 Å². The average molecular weight is 507 g/mol. The Kier molecular flexibility index (Phi) is 8.48. The maximum Gasteiger partial charge on any atom is 0.355 e. The molecule has 0 atom stereocenters. The summed E-state index contributed by atoms with van der Waals surface area (Å²) in [7, 11) is 1.34. The molecule has 1 fully saturated rings. The number of hydrogen-bond acceptors (Lipinski definition) is 4. The van der Waals surface area contributed by atoms with Crippen molar-refractivity contribution in [2.75, 3.05) is 29.2 Å². The van der Waals surface area contributed by atoms with E-state index in [0.717, 1.165) is 25.1 Å². The summed E-state index contributed by atoms with van der Waals surface area (Å²) in [6, 6.07) is 15.1. The van der Waals surface area contributed by atoms with Crippen LogP contribution in [0.5, 0.6) is 0 Å². The number of nitrogens with one attached hydrogen (secondary N) is 2. The smallest absolute Gasteiger partial charge is 0.355 e. The number of hydrogen-bond donors (Lipinski definition) is 2. The van der Waals surface area contributed by atoms with Gasteiger partial charge in [-0.3, -0.25) is 0 Å². The van der Waals surface area contributed by atoms with Crippen molar-refractivity contribution in [3.05, 3.63) is 72.3 Å². The van der Waals surface area contributed by atoms with Gasteiger partial charge in [-0.25, -0.2) is 14.0 Å². The fraction of sp³-hybridized carbons (Fsp3) is 0.379. The van der Waals surface area contributed by atoms with Crippen LogP contribution in [0.1, 0.15) is 56.4 Å². The van der Waals surface area contributed by atoms with E-state index in [-0.39, 0.29) is 5.69 Å². The average Bonchev–Trinajstić information content (AvgIpc) is 3.39. The lowest BCUT2D eigenvalue weighted by Gasteiger charge is -2.38. The van der Waals surface area contributed by atoms with E-state index >= 15 is 0 Å². The number of nitrogens with zero attached hydrogens (tertiary/aromatic N) is 2. The first-order chi connectivity index (χ1) is 17.9. The van der Waals surface area contributed by atoms with Crippen LogP contribution in [0.2, 0.25) is 0 Å². The van der Waals surface area contributed by atoms with Gasteiger partial charge in [0.15, 0.2) is 0 Å². The maximum atomic E-state index is 14.2. The highest BCUT2D eigenvalue weighted by Crippen LogP contribution is 2.35. The predicted molar refractivity (Wildman–Crippen MR) is 145 cm³/mol. The number of halogens is 1. The highest BCUT2D eigenvalue weighted by atomic mass is 19.1. The van der Waals surface area contributed by atoms with E-state index in [1.54, 1.807) is 35.0 Å². The Morgan fingerprint density at radius 3 is 2.46 bits per heavy atom. The lowest BCUT2D eigenvalue weighted by Crippen LogP contribution is -2.40. The van der Waals surface area contributed by atoms with E-state index in [0.29, 0.717) is 29.0 Å². The Morgan fingerprint density at radius 2 is 1.76 bits per heavy atom. The summed E-state index contributed by atoms with van der Waals surface area (Å²) < 4.78 is 20.8. The first-order valence-electron chi connectivity index (χ1n) is 12.9. The SMILES string of the molecule is COC(=O)c1cccn1-c1ccc(N(CC(C)C)C2CCCCC2)c(NC(=O)Nc2ccccc2F)c1. The van der Waals surface area contributed by atoms with Crippen molar-refractivity contribution >= 4 is 29.1 Å². The molecule has 2 N–H and O–H groups in total. The van der Waals surface area contributed by atoms with Crippen molar-refractivity contribution in [1.29, 1.82) is 0 Å². The summed E-state index contributed by atoms with van der Waals surface area (Å²) >= 11 is 0. The molecule has 37 heavy (non-hydrogen) atoms. The van der Waals surface area contributed by atoms with Crippen LogP contribution in [0, 0.1) is 11.7 Å². The number of para-hydroxylation sites is 1. The van der Waals surface area contributed by atoms with Crippen molar-refractivity contribution in [3.8, 4) is 5.69 Å². The summed E-state index contributed by atoms with van der Waals surface area (Å²) in [5.41, 5.74) is 2.66. The minimum atomic E-state index is -0.544. The van der Waals surface area contributed by atoms with Crippen molar-refractivity contribution in [3.63, 3.8) is 0 Å². The second kappa shape index (κ2) is 12.0. The third-order valence-electron chi connectivity index (χ3n) is 6.66. The molecule has 7 nitrogen and oxygen atoms in total. The van der Waals surface area contributed by atoms with Crippen LogP contribution in [-0.4, -0.2) is 36.3 Å². The zero-order valence-corrected chi connectivity index (χ0v) is 21.7. The fourth-order valence-electron chi connectivity index (χ4n) is 4.97. The third-order valence-corrected chi connectivity index (χ3v) is 6.66. The Morgan fingerprint density at radius 1 is 1.03 bits per heavy atom. The summed E-state index contributed by atoms with van der Waals surface area (Å²) in [5.74, 6) is -0.549. The minimum Gasteiger partial charge on any atom is -0.464 e. The van der Waals surface area contributed by atoms with Crippen LogP contribution in [-0.2, 0) is 4.74 Å². The van der Waals surface area contributed by atoms with Gasteiger partial charge in [0, 0.05) is 24.5 Å². The van der Waals surface area contributed by atoms with E-state index in [4.69, 9.17) is 4.74 Å². The zero-order valence-electron chi connectivity index (χ0n) is 21.7. The molecular weight excluding hydrogens is 471 g/mol. The molecule has 1 heterocycles. The quantitative estimate of drug-likeness (QED) is 0.328. The van der Waals surface area contributed by atoms with Crippen molar-refractivity contribution in [1.82, 2.24) is 4.57 Å². The number of anilines is 3. The molecular formula is C29H35FN4O3. The zero-order chi connectivity index (χ0) is 26.4. The van der Waals surface area contributed by atoms with E-state index in [9.17, 15) is 14.0 Å². The largest absolute Gasteiger partial charge is 0.464 e. The molecule has 3 aromatic rings. The van der Waals surface area contributed by atoms with Gasteiger partial charge in [0.1, 0.15) is 11.5 Å². The molecule has 1 aromatic heterocycles. The molecule has 8 heteroatoms. The summed E-state index contributed by atoms with van der Waals surface area (Å²) in [5, 5.41) is 5.57. The molecule has 0 saturated heterocycles. The lowest BCUT2D eigenvalue weighted by atomic mass is 9.93. The molecule has 2 amide bonds. The topological polar surface area (TPSA) is 75.6 Å². The number of carbonyl (C=O) groups excluding carboxylic acids is 2. The Balaban J connectivity index is 1.74. The van der Waals surface area contributed by atoms with Gasteiger partial charge >= 0.3 is 12.0 Å². The third kappa shape index (κ3) is 6.31. The van der Waals surface area contributed by atoms with E-state index in [1.807, 2.05) is 18.2 Å². The molecule has 1 aliphatic carbocycles. The highest BCUT2D eigenvalue weighted by Gasteiger charge is 2.25. The number of esters is 1. The number of ether oxygens (including phenoxy) is 1. The Labute approximate surface area is 217 Å². The Hall–Kier alpha value is -3.81. The van der Waals surface area contributed by atoms with Gasteiger partial charge in [-0.15, -0.1) is 0 Å². The fourth-order valence-corrected chi connectivity index (χ4v) is 4.97. The minimum absolute atomic E-state index is 0.0995. The number of urea groups is 1. The molecule has 1 saturated carbocycles. The number of aromatic nitrogens is 1. The maximum absolute atomic E-state index is 14.2. The van der Waals surface area contributed by atoms with Gasteiger partial charge in [-0.05, 0) is 61.2 Å². The van der Waals surface area contributed by atoms with Crippen LogP contribution in [0.4, 0.5) is 26.2 Å².